The third kappa shape index (κ3) is 9.74. The Labute approximate surface area is 311 Å². The summed E-state index contributed by atoms with van der Waals surface area (Å²) in [7, 11) is 5.23. The molecule has 2 aliphatic rings. The number of nitrogens with one attached hydrogen (secondary N) is 2. The van der Waals surface area contributed by atoms with Gasteiger partial charge in [-0.2, -0.15) is 0 Å². The fourth-order valence-corrected chi connectivity index (χ4v) is 6.13. The number of ether oxygens (including phenoxy) is 2. The van der Waals surface area contributed by atoms with Gasteiger partial charge in [-0.05, 0) is 86.8 Å². The molecule has 0 bridgehead atoms. The molecule has 4 N–H and O–H groups in total. The van der Waals surface area contributed by atoms with E-state index in [1.807, 2.05) is 25.1 Å². The Hall–Kier alpha value is -4.74. The molecule has 1 saturated heterocycles. The van der Waals surface area contributed by atoms with Crippen LogP contribution in [-0.2, 0) is 16.0 Å². The first kappa shape index (κ1) is 40.7. The van der Waals surface area contributed by atoms with Crippen molar-refractivity contribution in [2.24, 2.45) is 5.73 Å². The van der Waals surface area contributed by atoms with Crippen LogP contribution in [-0.4, -0.2) is 93.5 Å². The van der Waals surface area contributed by atoms with Crippen molar-refractivity contribution in [3.63, 3.8) is 0 Å². The van der Waals surface area contributed by atoms with Gasteiger partial charge in [0.2, 0.25) is 5.91 Å². The van der Waals surface area contributed by atoms with E-state index in [4.69, 9.17) is 15.2 Å². The van der Waals surface area contributed by atoms with Gasteiger partial charge in [0.15, 0.2) is 0 Å². The van der Waals surface area contributed by atoms with Crippen LogP contribution in [0.2, 0.25) is 0 Å². The highest BCUT2D eigenvalue weighted by Gasteiger charge is 2.29. The van der Waals surface area contributed by atoms with Crippen molar-refractivity contribution in [3.8, 4) is 11.5 Å². The van der Waals surface area contributed by atoms with E-state index in [0.29, 0.717) is 64.7 Å². The van der Waals surface area contributed by atoms with Crippen LogP contribution in [0, 0.1) is 6.92 Å². The molecule has 0 radical (unpaired) electrons. The molecule has 3 aromatic rings. The summed E-state index contributed by atoms with van der Waals surface area (Å²) in [6.45, 7) is 5.92. The Morgan fingerprint density at radius 1 is 1.02 bits per heavy atom. The quantitative estimate of drug-likeness (QED) is 0.168. The first-order chi connectivity index (χ1) is 23.6. The van der Waals surface area contributed by atoms with Crippen LogP contribution in [0.15, 0.2) is 60.3 Å². The van der Waals surface area contributed by atoms with Crippen LogP contribution in [0.25, 0.3) is 0 Å². The van der Waals surface area contributed by atoms with Crippen LogP contribution in [0.5, 0.6) is 11.5 Å². The number of fused-ring (bicyclic) bond motifs is 1. The van der Waals surface area contributed by atoms with Crippen molar-refractivity contribution in [2.45, 2.75) is 38.6 Å². The Kier molecular flexibility index (Phi) is 14.7. The summed E-state index contributed by atoms with van der Waals surface area (Å²) in [4.78, 5) is 56.3. The number of nitrogens with zero attached hydrogens (tertiary/aromatic N) is 3. The zero-order valence-electron chi connectivity index (χ0n) is 29.3. The Morgan fingerprint density at radius 3 is 2.45 bits per heavy atom. The first-order valence-electron chi connectivity index (χ1n) is 16.5. The van der Waals surface area contributed by atoms with E-state index in [-0.39, 0.29) is 36.6 Å². The van der Waals surface area contributed by atoms with Gasteiger partial charge in [0.1, 0.15) is 23.5 Å². The van der Waals surface area contributed by atoms with E-state index in [1.165, 1.54) is 12.0 Å². The summed E-state index contributed by atoms with van der Waals surface area (Å²) in [5.41, 5.74) is 10.4. The molecule has 1 fully saturated rings. The van der Waals surface area contributed by atoms with Crippen LogP contribution in [0.4, 0.5) is 17.1 Å². The Bertz CT molecular complexity index is 1770. The lowest BCUT2D eigenvalue weighted by atomic mass is 10.0. The van der Waals surface area contributed by atoms with Gasteiger partial charge in [-0.3, -0.25) is 14.4 Å². The predicted molar refractivity (Wildman–Crippen MR) is 204 cm³/mol. The monoisotopic (exact) mass is 740 g/mol. The number of amides is 3. The van der Waals surface area contributed by atoms with Gasteiger partial charge in [0.05, 0.1) is 30.8 Å². The summed E-state index contributed by atoms with van der Waals surface area (Å²) in [5, 5.41) is 5.93. The molecule has 0 aliphatic carbocycles. The summed E-state index contributed by atoms with van der Waals surface area (Å²) in [6, 6.07) is 15.2. The lowest BCUT2D eigenvalue weighted by molar-refractivity contribution is -0.118. The third-order valence-electron chi connectivity index (χ3n) is 9.05. The third-order valence-corrected chi connectivity index (χ3v) is 9.05. The zero-order chi connectivity index (χ0) is 35.1. The summed E-state index contributed by atoms with van der Waals surface area (Å²) < 4.78 is 11.7. The fourth-order valence-electron chi connectivity index (χ4n) is 6.13. The maximum Gasteiger partial charge on any atom is 0.258 e. The molecule has 1 atom stereocenters. The molecule has 0 aromatic heterocycles. The molecule has 1 unspecified atom stereocenters. The molecule has 51 heavy (non-hydrogen) atoms. The minimum Gasteiger partial charge on any atom is -0.495 e. The molecule has 12 nitrogen and oxygen atoms in total. The minimum atomic E-state index is -0.577. The average molecular weight is 742 g/mol. The van der Waals surface area contributed by atoms with E-state index in [1.54, 1.807) is 43.4 Å². The van der Waals surface area contributed by atoms with Crippen molar-refractivity contribution in [3.05, 3.63) is 82.5 Å². The topological polar surface area (TPSA) is 147 Å². The molecule has 3 aromatic carbocycles. The molecule has 2 aliphatic heterocycles. The molecule has 0 spiro atoms. The van der Waals surface area contributed by atoms with Crippen LogP contribution >= 0.6 is 24.8 Å². The second-order valence-electron chi connectivity index (χ2n) is 12.5. The van der Waals surface area contributed by atoms with Crippen molar-refractivity contribution in [2.75, 3.05) is 69.5 Å². The number of hydrogen-bond acceptors (Lipinski definition) is 9. The Balaban J connectivity index is 0.00000351. The van der Waals surface area contributed by atoms with E-state index in [0.717, 1.165) is 50.3 Å². The number of likely N-dealkylation sites (N-methyl/N-ethyl adjacent to an activating group) is 1. The maximum absolute atomic E-state index is 13.7. The van der Waals surface area contributed by atoms with Crippen molar-refractivity contribution in [1.29, 1.82) is 0 Å². The predicted octanol–water partition coefficient (Wildman–Crippen LogP) is 4.71. The number of hydrogen-bond donors (Lipinski definition) is 3. The van der Waals surface area contributed by atoms with Crippen LogP contribution in [0.3, 0.4) is 0 Å². The number of rotatable bonds is 13. The smallest absolute Gasteiger partial charge is 0.258 e. The zero-order valence-corrected chi connectivity index (χ0v) is 31.0. The number of carbonyl (C=O) groups excluding carboxylic acids is 4. The molecule has 3 amide bonds. The fraction of sp³-hybridized carbons (Fsp3) is 0.378. The summed E-state index contributed by atoms with van der Waals surface area (Å²) >= 11 is 0. The largest absolute Gasteiger partial charge is 0.495 e. The number of carbonyl (C=O) groups is 3. The van der Waals surface area contributed by atoms with Crippen LogP contribution < -0.4 is 30.7 Å². The van der Waals surface area contributed by atoms with E-state index >= 15 is 0 Å². The highest BCUT2D eigenvalue weighted by molar-refractivity contribution is 6.09. The summed E-state index contributed by atoms with van der Waals surface area (Å²) in [5.74, 6) is 1.88. The number of aryl methyl sites for hydroxylation is 1. The number of unbranched alkanes of at least 4 members (excludes halogenated alkanes) is 1. The van der Waals surface area contributed by atoms with Gasteiger partial charge < -0.3 is 40.5 Å². The van der Waals surface area contributed by atoms with E-state index in [9.17, 15) is 19.2 Å². The average Bonchev–Trinajstić information content (AvgIpc) is 3.55. The normalized spacial score (nSPS) is 14.8. The molecule has 0 saturated carbocycles. The first-order valence-corrected chi connectivity index (χ1v) is 16.5. The molecule has 14 heteroatoms. The Morgan fingerprint density at radius 2 is 1.76 bits per heavy atom. The molecular formula is C37H46Cl2N6O6. The number of anilines is 3. The number of primary amides is 1. The van der Waals surface area contributed by atoms with Gasteiger partial charge in [-0.25, -0.2) is 4.79 Å². The minimum absolute atomic E-state index is 0. The highest BCUT2D eigenvalue weighted by Crippen LogP contribution is 2.33. The van der Waals surface area contributed by atoms with Gasteiger partial charge >= 0.3 is 0 Å². The summed E-state index contributed by atoms with van der Waals surface area (Å²) in [6.07, 6.45) is 2.48. The number of nitrogens with two attached hydrogens (primary N) is 1. The molecular weight excluding hydrogens is 695 g/mol. The lowest BCUT2D eigenvalue weighted by Gasteiger charge is -2.34. The van der Waals surface area contributed by atoms with Gasteiger partial charge in [0, 0.05) is 56.5 Å². The number of methoxy groups -OCH3 is 1. The number of allylic oxidation sites excluding steroid dienone is 1. The van der Waals surface area contributed by atoms with Crippen molar-refractivity contribution in [1.82, 2.24) is 9.80 Å². The standard InChI is InChI=1S/C37H44N6O6.2ClH/c1-24-11-14-32(34(20-24)49-19-6-5-8-26(23-44)43-17-15-41(2)16-18-43)42(3)37(47)25-12-13-30(33(21-25)48-4)40-36(46)27-9-7-10-29-28(27)22-31(39-29)35(38)45;;/h7,9-14,20-21,31,39H,5-6,8,15-19,22H2,1-4H3,(H2,38,45)(H,40,46);2*1H. The van der Waals surface area contributed by atoms with Gasteiger partial charge in [-0.1, -0.05) is 12.1 Å². The molecule has 5 rings (SSSR count). The molecule has 2 heterocycles. The van der Waals surface area contributed by atoms with Crippen molar-refractivity contribution >= 4 is 65.5 Å². The van der Waals surface area contributed by atoms with Gasteiger partial charge in [0.25, 0.3) is 11.8 Å². The highest BCUT2D eigenvalue weighted by atomic mass is 35.5. The number of benzene rings is 3. The number of halogens is 2. The van der Waals surface area contributed by atoms with Crippen LogP contribution in [0.1, 0.15) is 51.1 Å². The van der Waals surface area contributed by atoms with Crippen molar-refractivity contribution < 1.29 is 28.7 Å². The van der Waals surface area contributed by atoms with E-state index in [2.05, 4.69) is 33.4 Å². The lowest BCUT2D eigenvalue weighted by Crippen LogP contribution is -2.44. The SMILES string of the molecule is COc1cc(C(=O)N(C)c2ccc(C)cc2OCCCCC(=C=O)N2CCN(C)CC2)ccc1NC(=O)c1cccc2c1CC(C(N)=O)N2.Cl.Cl. The second-order valence-corrected chi connectivity index (χ2v) is 12.5. The number of piperazine rings is 1. The van der Waals surface area contributed by atoms with Gasteiger partial charge in [-0.15, -0.1) is 24.8 Å². The van der Waals surface area contributed by atoms with E-state index < -0.39 is 11.9 Å². The molecule has 274 valence electrons. The maximum atomic E-state index is 13.7. The second kappa shape index (κ2) is 18.5.